The third kappa shape index (κ3) is 4.35. The maximum atomic E-state index is 13.2. The summed E-state index contributed by atoms with van der Waals surface area (Å²) < 4.78 is 16.8. The van der Waals surface area contributed by atoms with Gasteiger partial charge in [-0.1, -0.05) is 6.08 Å². The van der Waals surface area contributed by atoms with Crippen LogP contribution >= 0.6 is 0 Å². The Labute approximate surface area is 200 Å². The van der Waals surface area contributed by atoms with E-state index < -0.39 is 17.7 Å². The lowest BCUT2D eigenvalue weighted by atomic mass is 9.88. The number of carbonyl (C=O) groups is 2. The molecular weight excluding hydrogens is 436 g/mol. The summed E-state index contributed by atoms with van der Waals surface area (Å²) >= 11 is 0. The minimum Gasteiger partial charge on any atom is -0.507 e. The van der Waals surface area contributed by atoms with Crippen molar-refractivity contribution in [1.82, 2.24) is 9.80 Å². The number of hydrogen-bond acceptors (Lipinski definition) is 7. The summed E-state index contributed by atoms with van der Waals surface area (Å²) in [4.78, 5) is 29.9. The second-order valence-corrected chi connectivity index (χ2v) is 9.19. The van der Waals surface area contributed by atoms with Gasteiger partial charge in [-0.25, -0.2) is 0 Å². The number of methoxy groups -OCH3 is 2. The number of aliphatic hydroxyl groups excluding tert-OH is 1. The van der Waals surface area contributed by atoms with Gasteiger partial charge in [0.1, 0.15) is 29.5 Å². The summed E-state index contributed by atoms with van der Waals surface area (Å²) in [6.07, 6.45) is 4.54. The first kappa shape index (κ1) is 24.0. The molecule has 4 rings (SSSR count). The Bertz CT molecular complexity index is 1090. The van der Waals surface area contributed by atoms with Crippen LogP contribution in [0, 0.1) is 0 Å². The second kappa shape index (κ2) is 9.64. The number of carbonyl (C=O) groups excluding carboxylic acids is 2. The van der Waals surface area contributed by atoms with Gasteiger partial charge in [0.05, 0.1) is 18.7 Å². The molecule has 8 nitrogen and oxygen atoms in total. The number of fused-ring (bicyclic) bond motifs is 1. The van der Waals surface area contributed by atoms with Gasteiger partial charge < -0.3 is 29.1 Å². The minimum absolute atomic E-state index is 0.0594. The van der Waals surface area contributed by atoms with Crippen molar-refractivity contribution in [3.8, 4) is 5.75 Å². The molecule has 1 aromatic carbocycles. The summed E-state index contributed by atoms with van der Waals surface area (Å²) in [7, 11) is 7.00. The number of rotatable bonds is 7. The van der Waals surface area contributed by atoms with Crippen LogP contribution in [0.3, 0.4) is 0 Å². The lowest BCUT2D eigenvalue weighted by Crippen LogP contribution is -2.41. The molecule has 0 saturated carbocycles. The molecule has 0 radical (unpaired) electrons. The van der Waals surface area contributed by atoms with Crippen molar-refractivity contribution in [2.24, 2.45) is 0 Å². The van der Waals surface area contributed by atoms with Gasteiger partial charge in [0, 0.05) is 38.6 Å². The van der Waals surface area contributed by atoms with Gasteiger partial charge in [0.15, 0.2) is 0 Å². The normalized spacial score (nSPS) is 25.8. The molecule has 1 amide bonds. The molecule has 8 heteroatoms. The number of aliphatic hydroxyl groups is 1. The number of Topliss-reactive ketones (excluding diaryl/α,β-unsaturated/α-hetero) is 1. The Morgan fingerprint density at radius 2 is 1.97 bits per heavy atom. The highest BCUT2D eigenvalue weighted by atomic mass is 16.5. The fourth-order valence-corrected chi connectivity index (χ4v) is 4.81. The van der Waals surface area contributed by atoms with Crippen molar-refractivity contribution < 1.29 is 28.9 Å². The molecule has 1 fully saturated rings. The SMILES string of the molecule is COC1=CC=C([C@H]2C(=C(O)c3ccc4c(c3)C[C@H](C)O4)C(=O)C(=O)N2CCN(C)C)C[C@H]1OC. The Hall–Kier alpha value is -3.10. The van der Waals surface area contributed by atoms with E-state index in [4.69, 9.17) is 14.2 Å². The van der Waals surface area contributed by atoms with E-state index in [2.05, 4.69) is 0 Å². The molecular formula is C26H32N2O6. The summed E-state index contributed by atoms with van der Waals surface area (Å²) in [6, 6.07) is 4.69. The van der Waals surface area contributed by atoms with Gasteiger partial charge in [-0.05, 0) is 56.4 Å². The second-order valence-electron chi connectivity index (χ2n) is 9.19. The first-order chi connectivity index (χ1) is 16.2. The van der Waals surface area contributed by atoms with Crippen LogP contribution in [-0.2, 0) is 25.5 Å². The highest BCUT2D eigenvalue weighted by Gasteiger charge is 2.47. The van der Waals surface area contributed by atoms with Crippen molar-refractivity contribution in [3.05, 3.63) is 58.4 Å². The lowest BCUT2D eigenvalue weighted by Gasteiger charge is -2.31. The Morgan fingerprint density at radius 3 is 2.65 bits per heavy atom. The van der Waals surface area contributed by atoms with Crippen LogP contribution in [0.25, 0.3) is 5.76 Å². The number of likely N-dealkylation sites (tertiary alicyclic amines) is 1. The molecule has 1 aliphatic carbocycles. The number of ether oxygens (including phenoxy) is 3. The third-order valence-electron chi connectivity index (χ3n) is 6.57. The van der Waals surface area contributed by atoms with Crippen LogP contribution in [-0.4, -0.2) is 86.3 Å². The molecule has 2 aliphatic heterocycles. The predicted octanol–water partition coefficient (Wildman–Crippen LogP) is 2.50. The quantitative estimate of drug-likeness (QED) is 0.374. The summed E-state index contributed by atoms with van der Waals surface area (Å²) in [5.41, 5.74) is 2.38. The number of amides is 1. The molecule has 0 unspecified atom stereocenters. The maximum Gasteiger partial charge on any atom is 0.295 e. The summed E-state index contributed by atoms with van der Waals surface area (Å²) in [6.45, 7) is 2.92. The van der Waals surface area contributed by atoms with Gasteiger partial charge in [0.2, 0.25) is 0 Å². The zero-order chi connectivity index (χ0) is 24.6. The molecule has 0 bridgehead atoms. The molecule has 3 atom stereocenters. The van der Waals surface area contributed by atoms with Crippen LogP contribution in [0.1, 0.15) is 24.5 Å². The number of allylic oxidation sites excluding steroid dienone is 2. The molecule has 1 saturated heterocycles. The van der Waals surface area contributed by atoms with E-state index in [0.717, 1.165) is 23.3 Å². The largest absolute Gasteiger partial charge is 0.507 e. The van der Waals surface area contributed by atoms with Crippen LogP contribution in [0.2, 0.25) is 0 Å². The van der Waals surface area contributed by atoms with E-state index in [1.54, 1.807) is 37.3 Å². The molecule has 0 spiro atoms. The lowest BCUT2D eigenvalue weighted by molar-refractivity contribution is -0.139. The molecule has 3 aliphatic rings. The zero-order valence-corrected chi connectivity index (χ0v) is 20.3. The van der Waals surface area contributed by atoms with Crippen molar-refractivity contribution in [1.29, 1.82) is 0 Å². The van der Waals surface area contributed by atoms with Gasteiger partial charge in [-0.3, -0.25) is 9.59 Å². The van der Waals surface area contributed by atoms with E-state index in [0.29, 0.717) is 30.8 Å². The smallest absolute Gasteiger partial charge is 0.295 e. The van der Waals surface area contributed by atoms with E-state index in [1.165, 1.54) is 0 Å². The van der Waals surface area contributed by atoms with Crippen LogP contribution in [0.5, 0.6) is 5.75 Å². The van der Waals surface area contributed by atoms with Gasteiger partial charge in [0.25, 0.3) is 11.7 Å². The Morgan fingerprint density at radius 1 is 1.21 bits per heavy atom. The van der Waals surface area contributed by atoms with Crippen molar-refractivity contribution >= 4 is 17.4 Å². The van der Waals surface area contributed by atoms with Gasteiger partial charge in [-0.15, -0.1) is 0 Å². The standard InChI is InChI=1S/C26H32N2O6/c1-15-12-18-13-17(7-8-19(18)34-15)24(29)22-23(16-6-9-20(32-4)21(14-16)33-5)28(11-10-27(2)3)26(31)25(22)30/h6-9,13,15,21,23,29H,10-12,14H2,1-5H3/t15-,21+,23-/m0/s1. The average molecular weight is 469 g/mol. The molecule has 1 N–H and O–H groups in total. The fourth-order valence-electron chi connectivity index (χ4n) is 4.81. The molecule has 1 aromatic rings. The molecule has 2 heterocycles. The van der Waals surface area contributed by atoms with Crippen LogP contribution in [0.15, 0.2) is 47.3 Å². The van der Waals surface area contributed by atoms with E-state index in [1.807, 2.05) is 38.1 Å². The Balaban J connectivity index is 1.80. The fraction of sp³-hybridized carbons (Fsp3) is 0.462. The number of nitrogens with zero attached hydrogens (tertiary/aromatic N) is 2. The first-order valence-corrected chi connectivity index (χ1v) is 11.5. The van der Waals surface area contributed by atoms with Gasteiger partial charge >= 0.3 is 0 Å². The predicted molar refractivity (Wildman–Crippen MR) is 127 cm³/mol. The van der Waals surface area contributed by atoms with E-state index in [9.17, 15) is 14.7 Å². The molecule has 0 aromatic heterocycles. The van der Waals surface area contributed by atoms with Crippen LogP contribution in [0.4, 0.5) is 0 Å². The summed E-state index contributed by atoms with van der Waals surface area (Å²) in [5.74, 6) is -0.00785. The Kier molecular flexibility index (Phi) is 6.81. The first-order valence-electron chi connectivity index (χ1n) is 11.5. The van der Waals surface area contributed by atoms with E-state index in [-0.39, 0.29) is 23.5 Å². The maximum absolute atomic E-state index is 13.2. The average Bonchev–Trinajstić information content (AvgIpc) is 3.32. The number of benzene rings is 1. The monoisotopic (exact) mass is 468 g/mol. The topological polar surface area (TPSA) is 88.5 Å². The van der Waals surface area contributed by atoms with Crippen LogP contribution < -0.4 is 4.74 Å². The number of likely N-dealkylation sites (N-methyl/N-ethyl adjacent to an activating group) is 1. The zero-order valence-electron chi connectivity index (χ0n) is 20.3. The molecule has 182 valence electrons. The third-order valence-corrected chi connectivity index (χ3v) is 6.57. The minimum atomic E-state index is -0.685. The van der Waals surface area contributed by atoms with E-state index >= 15 is 0 Å². The van der Waals surface area contributed by atoms with Crippen molar-refractivity contribution in [2.45, 2.75) is 38.0 Å². The highest BCUT2D eigenvalue weighted by Crippen LogP contribution is 2.38. The number of hydrogen-bond donors (Lipinski definition) is 1. The van der Waals surface area contributed by atoms with Gasteiger partial charge in [-0.2, -0.15) is 0 Å². The van der Waals surface area contributed by atoms with Crippen molar-refractivity contribution in [3.63, 3.8) is 0 Å². The number of ketones is 1. The van der Waals surface area contributed by atoms with Crippen molar-refractivity contribution in [2.75, 3.05) is 41.4 Å². The summed E-state index contributed by atoms with van der Waals surface area (Å²) in [5, 5.41) is 11.4. The molecule has 34 heavy (non-hydrogen) atoms. The highest BCUT2D eigenvalue weighted by molar-refractivity contribution is 6.47.